The summed E-state index contributed by atoms with van der Waals surface area (Å²) >= 11 is 6.76. The number of rotatable bonds is 7. The average molecular weight is 540 g/mol. The average Bonchev–Trinajstić information content (AvgIpc) is 3.16. The molecule has 2 fully saturated rings. The number of benzene rings is 1. The molecule has 1 amide bonds. The van der Waals surface area contributed by atoms with Crippen molar-refractivity contribution in [3.63, 3.8) is 0 Å². The molecule has 10 heteroatoms. The molecule has 7 nitrogen and oxygen atoms in total. The van der Waals surface area contributed by atoms with Gasteiger partial charge < -0.3 is 9.80 Å². The lowest BCUT2D eigenvalue weighted by Crippen LogP contribution is -2.48. The largest absolute Gasteiger partial charge is 0.368 e. The van der Waals surface area contributed by atoms with Crippen LogP contribution in [0.1, 0.15) is 42.9 Å². The zero-order valence-corrected chi connectivity index (χ0v) is 22.9. The zero-order valence-electron chi connectivity index (χ0n) is 21.3. The van der Waals surface area contributed by atoms with Crippen LogP contribution in [0, 0.1) is 24.1 Å². The second-order valence-corrected chi connectivity index (χ2v) is 10.9. The molecule has 4 rings (SSSR count). The first-order chi connectivity index (χ1) is 17.8. The topological polar surface area (TPSA) is 72.6 Å². The van der Waals surface area contributed by atoms with Crippen molar-refractivity contribution >= 4 is 51.8 Å². The normalized spacial score (nSPS) is 17.2. The van der Waals surface area contributed by atoms with E-state index in [1.54, 1.807) is 37.1 Å². The molecular formula is C27H30FN5O2S2. The Hall–Kier alpha value is -3.16. The van der Waals surface area contributed by atoms with Gasteiger partial charge in [0.25, 0.3) is 11.5 Å². The van der Waals surface area contributed by atoms with Crippen LogP contribution < -0.4 is 15.4 Å². The van der Waals surface area contributed by atoms with Crippen LogP contribution in [0.3, 0.4) is 0 Å². The molecule has 37 heavy (non-hydrogen) atoms. The first kappa shape index (κ1) is 26.9. The number of carbonyl (C=O) groups excluding carboxylic acids is 1. The summed E-state index contributed by atoms with van der Waals surface area (Å²) in [7, 11) is 1.66. The standard InChI is InChI=1S/C27H30FN5O2S2/c1-4-5-6-11-33-26(35)23(37-27(33)36)16-21-18(2)22(17-29)25(34)30(3)24(21)32-14-12-31(13-15-32)20-9-7-19(28)8-10-20/h7-10,16H,4-6,11-15H2,1-3H3/b23-16-. The highest BCUT2D eigenvalue weighted by Crippen LogP contribution is 2.36. The number of nitriles is 1. The van der Waals surface area contributed by atoms with Gasteiger partial charge in [0.15, 0.2) is 0 Å². The lowest BCUT2D eigenvalue weighted by atomic mass is 10.0. The number of hydrogen-bond acceptors (Lipinski definition) is 7. The van der Waals surface area contributed by atoms with Crippen molar-refractivity contribution in [3.05, 3.63) is 62.0 Å². The first-order valence-electron chi connectivity index (χ1n) is 12.4. The molecule has 0 saturated carbocycles. The molecule has 194 valence electrons. The molecular weight excluding hydrogens is 509 g/mol. The smallest absolute Gasteiger partial charge is 0.270 e. The van der Waals surface area contributed by atoms with Gasteiger partial charge in [-0.1, -0.05) is 43.7 Å². The molecule has 2 aromatic rings. The predicted octanol–water partition coefficient (Wildman–Crippen LogP) is 4.42. The van der Waals surface area contributed by atoms with E-state index in [0.29, 0.717) is 58.9 Å². The van der Waals surface area contributed by atoms with E-state index in [-0.39, 0.29) is 22.8 Å². The fourth-order valence-corrected chi connectivity index (χ4v) is 6.06. The maximum absolute atomic E-state index is 13.4. The third-order valence-corrected chi connectivity index (χ3v) is 8.25. The van der Waals surface area contributed by atoms with E-state index in [4.69, 9.17) is 12.2 Å². The Morgan fingerprint density at radius 1 is 1.11 bits per heavy atom. The minimum atomic E-state index is -0.361. The van der Waals surface area contributed by atoms with Crippen molar-refractivity contribution in [1.82, 2.24) is 9.47 Å². The Morgan fingerprint density at radius 3 is 2.38 bits per heavy atom. The van der Waals surface area contributed by atoms with Crippen LogP contribution in [0.4, 0.5) is 15.9 Å². The monoisotopic (exact) mass is 539 g/mol. The summed E-state index contributed by atoms with van der Waals surface area (Å²) in [5.41, 5.74) is 1.89. The van der Waals surface area contributed by atoms with Crippen LogP contribution in [0.2, 0.25) is 0 Å². The van der Waals surface area contributed by atoms with Gasteiger partial charge in [0.05, 0.1) is 4.91 Å². The summed E-state index contributed by atoms with van der Waals surface area (Å²) in [4.78, 5) is 32.7. The summed E-state index contributed by atoms with van der Waals surface area (Å²) in [6.45, 7) is 7.05. The van der Waals surface area contributed by atoms with E-state index < -0.39 is 0 Å². The number of amides is 1. The quantitative estimate of drug-likeness (QED) is 0.293. The summed E-state index contributed by atoms with van der Waals surface area (Å²) < 4.78 is 15.4. The van der Waals surface area contributed by atoms with Gasteiger partial charge in [0.2, 0.25) is 0 Å². The van der Waals surface area contributed by atoms with Crippen molar-refractivity contribution < 1.29 is 9.18 Å². The minimum absolute atomic E-state index is 0.0703. The van der Waals surface area contributed by atoms with Gasteiger partial charge in [0.1, 0.15) is 27.6 Å². The Labute approximate surface area is 226 Å². The van der Waals surface area contributed by atoms with Gasteiger partial charge in [-0.3, -0.25) is 19.1 Å². The SMILES string of the molecule is CCCCCN1C(=O)/C(=C/c2c(C)c(C#N)c(=O)n(C)c2N2CCN(c3ccc(F)cc3)CC2)SC1=S. The van der Waals surface area contributed by atoms with Gasteiger partial charge in [-0.2, -0.15) is 5.26 Å². The summed E-state index contributed by atoms with van der Waals surface area (Å²) in [5, 5.41) is 9.71. The second-order valence-electron chi connectivity index (χ2n) is 9.20. The van der Waals surface area contributed by atoms with Gasteiger partial charge in [-0.15, -0.1) is 0 Å². The van der Waals surface area contributed by atoms with Crippen LogP contribution in [0.25, 0.3) is 6.08 Å². The van der Waals surface area contributed by atoms with E-state index in [9.17, 15) is 19.2 Å². The third kappa shape index (κ3) is 5.43. The number of thioether (sulfide) groups is 1. The van der Waals surface area contributed by atoms with E-state index in [1.165, 1.54) is 28.5 Å². The predicted molar refractivity (Wildman–Crippen MR) is 151 cm³/mol. The number of thiocarbonyl (C=S) groups is 1. The highest BCUT2D eigenvalue weighted by molar-refractivity contribution is 8.26. The Balaban J connectivity index is 1.68. The van der Waals surface area contributed by atoms with Gasteiger partial charge >= 0.3 is 0 Å². The molecule has 0 radical (unpaired) electrons. The van der Waals surface area contributed by atoms with Crippen molar-refractivity contribution in [3.8, 4) is 6.07 Å². The lowest BCUT2D eigenvalue weighted by Gasteiger charge is -2.38. The molecule has 0 unspecified atom stereocenters. The second kappa shape index (κ2) is 11.5. The number of nitrogens with zero attached hydrogens (tertiary/aromatic N) is 5. The van der Waals surface area contributed by atoms with Gasteiger partial charge in [-0.05, 0) is 49.2 Å². The fourth-order valence-electron chi connectivity index (χ4n) is 4.77. The van der Waals surface area contributed by atoms with Gasteiger partial charge in [-0.25, -0.2) is 4.39 Å². The first-order valence-corrected chi connectivity index (χ1v) is 13.6. The molecule has 2 aliphatic rings. The van der Waals surface area contributed by atoms with Crippen molar-refractivity contribution in [1.29, 1.82) is 5.26 Å². The molecule has 0 spiro atoms. The molecule has 1 aromatic heterocycles. The maximum atomic E-state index is 13.4. The molecule has 0 atom stereocenters. The lowest BCUT2D eigenvalue weighted by molar-refractivity contribution is -0.122. The molecule has 1 aromatic carbocycles. The molecule has 0 N–H and O–H groups in total. The Bertz CT molecular complexity index is 1340. The van der Waals surface area contributed by atoms with Crippen LogP contribution in [-0.4, -0.2) is 52.4 Å². The number of halogens is 1. The van der Waals surface area contributed by atoms with Crippen molar-refractivity contribution in [2.24, 2.45) is 7.05 Å². The van der Waals surface area contributed by atoms with Crippen LogP contribution in [0.5, 0.6) is 0 Å². The van der Waals surface area contributed by atoms with E-state index in [2.05, 4.69) is 16.7 Å². The molecule has 0 bridgehead atoms. The number of unbranched alkanes of at least 4 members (excludes halogenated alkanes) is 2. The number of aromatic nitrogens is 1. The highest BCUT2D eigenvalue weighted by atomic mass is 32.2. The molecule has 2 aliphatic heterocycles. The van der Waals surface area contributed by atoms with E-state index >= 15 is 0 Å². The molecule has 0 aliphatic carbocycles. The number of anilines is 2. The summed E-state index contributed by atoms with van der Waals surface area (Å²) in [5.74, 6) is 0.271. The van der Waals surface area contributed by atoms with Crippen molar-refractivity contribution in [2.45, 2.75) is 33.1 Å². The molecule has 3 heterocycles. The van der Waals surface area contributed by atoms with E-state index in [1.807, 2.05) is 6.07 Å². The van der Waals surface area contributed by atoms with Crippen LogP contribution in [0.15, 0.2) is 34.0 Å². The van der Waals surface area contributed by atoms with Crippen LogP contribution in [-0.2, 0) is 11.8 Å². The number of hydrogen-bond donors (Lipinski definition) is 0. The summed E-state index contributed by atoms with van der Waals surface area (Å²) in [6.07, 6.45) is 4.75. The van der Waals surface area contributed by atoms with Crippen molar-refractivity contribution in [2.75, 3.05) is 42.5 Å². The zero-order chi connectivity index (χ0) is 26.7. The Morgan fingerprint density at radius 2 is 1.76 bits per heavy atom. The third-order valence-electron chi connectivity index (χ3n) is 6.87. The highest BCUT2D eigenvalue weighted by Gasteiger charge is 2.33. The fraction of sp³-hybridized carbons (Fsp3) is 0.407. The number of pyridine rings is 1. The minimum Gasteiger partial charge on any atom is -0.368 e. The van der Waals surface area contributed by atoms with Crippen LogP contribution >= 0.6 is 24.0 Å². The van der Waals surface area contributed by atoms with E-state index in [0.717, 1.165) is 24.9 Å². The molecule has 2 saturated heterocycles. The maximum Gasteiger partial charge on any atom is 0.270 e. The number of carbonyl (C=O) groups is 1. The summed E-state index contributed by atoms with van der Waals surface area (Å²) in [6, 6.07) is 8.48. The number of piperazine rings is 1. The Kier molecular flexibility index (Phi) is 8.35. The van der Waals surface area contributed by atoms with Gasteiger partial charge in [0, 0.05) is 51.0 Å².